The van der Waals surface area contributed by atoms with Crippen LogP contribution in [0.4, 0.5) is 10.1 Å². The van der Waals surface area contributed by atoms with Crippen LogP contribution in [0.1, 0.15) is 5.56 Å². The lowest BCUT2D eigenvalue weighted by Gasteiger charge is -2.17. The predicted octanol–water partition coefficient (Wildman–Crippen LogP) is 2.92. The van der Waals surface area contributed by atoms with E-state index in [0.29, 0.717) is 24.6 Å². The number of nitrogens with two attached hydrogens (primary N) is 1. The van der Waals surface area contributed by atoms with E-state index in [2.05, 4.69) is 4.90 Å². The summed E-state index contributed by atoms with van der Waals surface area (Å²) < 4.78 is 18.7. The maximum Gasteiger partial charge on any atom is 0.142 e. The lowest BCUT2D eigenvalue weighted by molar-refractivity contribution is 0.233. The molecule has 4 heteroatoms. The first-order valence-corrected chi connectivity index (χ1v) is 6.55. The Hall–Kier alpha value is -2.07. The summed E-state index contributed by atoms with van der Waals surface area (Å²) in [5.74, 6) is 0.496. The quantitative estimate of drug-likeness (QED) is 0.823. The van der Waals surface area contributed by atoms with Gasteiger partial charge in [0.15, 0.2) is 0 Å². The largest absolute Gasteiger partial charge is 0.490 e. The van der Waals surface area contributed by atoms with Crippen LogP contribution in [0.2, 0.25) is 0 Å². The number of halogens is 1. The van der Waals surface area contributed by atoms with Crippen molar-refractivity contribution >= 4 is 5.69 Å². The molecule has 0 spiro atoms. The van der Waals surface area contributed by atoms with E-state index in [1.807, 2.05) is 37.4 Å². The lowest BCUT2D eigenvalue weighted by Crippen LogP contribution is -2.24. The highest BCUT2D eigenvalue weighted by Gasteiger charge is 2.03. The van der Waals surface area contributed by atoms with Crippen LogP contribution >= 0.6 is 0 Å². The van der Waals surface area contributed by atoms with Gasteiger partial charge < -0.3 is 10.5 Å². The number of nitrogens with zero attached hydrogens (tertiary/aromatic N) is 1. The van der Waals surface area contributed by atoms with Crippen molar-refractivity contribution in [3.63, 3.8) is 0 Å². The van der Waals surface area contributed by atoms with Gasteiger partial charge in [0, 0.05) is 13.1 Å². The summed E-state index contributed by atoms with van der Waals surface area (Å²) >= 11 is 0. The normalized spacial score (nSPS) is 10.8. The van der Waals surface area contributed by atoms with Crippen LogP contribution < -0.4 is 10.5 Å². The minimum absolute atomic E-state index is 0.204. The molecule has 0 radical (unpaired) electrons. The van der Waals surface area contributed by atoms with Crippen LogP contribution in [0.15, 0.2) is 48.5 Å². The maximum atomic E-state index is 13.1. The van der Waals surface area contributed by atoms with Crippen molar-refractivity contribution in [3.05, 3.63) is 59.9 Å². The molecule has 0 aromatic heterocycles. The van der Waals surface area contributed by atoms with E-state index in [1.165, 1.54) is 6.07 Å². The van der Waals surface area contributed by atoms with Gasteiger partial charge in [0.25, 0.3) is 0 Å². The van der Waals surface area contributed by atoms with Crippen molar-refractivity contribution in [3.8, 4) is 5.75 Å². The summed E-state index contributed by atoms with van der Waals surface area (Å²) in [5, 5.41) is 0. The fourth-order valence-electron chi connectivity index (χ4n) is 1.95. The van der Waals surface area contributed by atoms with Gasteiger partial charge in [-0.2, -0.15) is 0 Å². The molecule has 106 valence electrons. The van der Waals surface area contributed by atoms with Crippen molar-refractivity contribution in [1.29, 1.82) is 0 Å². The number of nitrogen functional groups attached to an aromatic ring is 1. The third-order valence-electron chi connectivity index (χ3n) is 2.99. The van der Waals surface area contributed by atoms with Crippen molar-refractivity contribution in [2.24, 2.45) is 0 Å². The minimum atomic E-state index is -0.204. The Morgan fingerprint density at radius 3 is 2.70 bits per heavy atom. The predicted molar refractivity (Wildman–Crippen MR) is 79.1 cm³/mol. The molecule has 0 saturated heterocycles. The highest BCUT2D eigenvalue weighted by molar-refractivity contribution is 5.51. The molecule has 0 fully saturated rings. The zero-order chi connectivity index (χ0) is 14.4. The molecule has 0 amide bonds. The summed E-state index contributed by atoms with van der Waals surface area (Å²) in [5.41, 5.74) is 7.39. The van der Waals surface area contributed by atoms with Crippen molar-refractivity contribution in [2.75, 3.05) is 25.9 Å². The van der Waals surface area contributed by atoms with Crippen LogP contribution in [0.25, 0.3) is 0 Å². The molecular formula is C16H19FN2O. The van der Waals surface area contributed by atoms with E-state index in [-0.39, 0.29) is 5.82 Å². The average Bonchev–Trinajstić information content (AvgIpc) is 2.41. The second kappa shape index (κ2) is 6.91. The molecule has 2 aromatic rings. The minimum Gasteiger partial charge on any atom is -0.490 e. The van der Waals surface area contributed by atoms with E-state index in [4.69, 9.17) is 10.5 Å². The second-order valence-corrected chi connectivity index (χ2v) is 4.75. The van der Waals surface area contributed by atoms with Crippen molar-refractivity contribution in [2.45, 2.75) is 6.54 Å². The van der Waals surface area contributed by atoms with Crippen LogP contribution in [-0.2, 0) is 6.54 Å². The average molecular weight is 274 g/mol. The highest BCUT2D eigenvalue weighted by atomic mass is 19.1. The zero-order valence-electron chi connectivity index (χ0n) is 11.6. The number of anilines is 1. The Morgan fingerprint density at radius 1 is 1.15 bits per heavy atom. The van der Waals surface area contributed by atoms with E-state index in [9.17, 15) is 4.39 Å². The number of rotatable bonds is 6. The van der Waals surface area contributed by atoms with E-state index >= 15 is 0 Å². The first-order valence-electron chi connectivity index (χ1n) is 6.55. The van der Waals surface area contributed by atoms with Crippen molar-refractivity contribution < 1.29 is 9.13 Å². The van der Waals surface area contributed by atoms with Gasteiger partial charge in [-0.3, -0.25) is 4.90 Å². The third kappa shape index (κ3) is 4.24. The van der Waals surface area contributed by atoms with Gasteiger partial charge in [-0.1, -0.05) is 24.3 Å². The lowest BCUT2D eigenvalue weighted by atomic mass is 10.2. The topological polar surface area (TPSA) is 38.5 Å². The number of hydrogen-bond acceptors (Lipinski definition) is 3. The van der Waals surface area contributed by atoms with Crippen LogP contribution in [0.3, 0.4) is 0 Å². The molecule has 3 nitrogen and oxygen atoms in total. The van der Waals surface area contributed by atoms with Gasteiger partial charge in [-0.25, -0.2) is 4.39 Å². The van der Waals surface area contributed by atoms with Gasteiger partial charge in [-0.15, -0.1) is 0 Å². The number of benzene rings is 2. The molecular weight excluding hydrogens is 255 g/mol. The molecule has 0 saturated carbocycles. The summed E-state index contributed by atoms with van der Waals surface area (Å²) in [6.07, 6.45) is 0. The van der Waals surface area contributed by atoms with Gasteiger partial charge >= 0.3 is 0 Å². The molecule has 0 bridgehead atoms. The molecule has 0 aliphatic carbocycles. The Morgan fingerprint density at radius 2 is 1.95 bits per heavy atom. The highest BCUT2D eigenvalue weighted by Crippen LogP contribution is 2.19. The van der Waals surface area contributed by atoms with Crippen LogP contribution in [0.5, 0.6) is 5.75 Å². The molecule has 20 heavy (non-hydrogen) atoms. The SMILES string of the molecule is CN(CCOc1ccccc1N)Cc1cccc(F)c1. The molecule has 0 unspecified atom stereocenters. The van der Waals surface area contributed by atoms with E-state index in [1.54, 1.807) is 12.1 Å². The molecule has 0 aliphatic rings. The fraction of sp³-hybridized carbons (Fsp3) is 0.250. The van der Waals surface area contributed by atoms with E-state index < -0.39 is 0 Å². The number of ether oxygens (including phenoxy) is 1. The molecule has 0 heterocycles. The first-order chi connectivity index (χ1) is 9.65. The van der Waals surface area contributed by atoms with Crippen LogP contribution in [-0.4, -0.2) is 25.1 Å². The monoisotopic (exact) mass is 274 g/mol. The molecule has 0 atom stereocenters. The number of likely N-dealkylation sites (N-methyl/N-ethyl adjacent to an activating group) is 1. The Labute approximate surface area is 118 Å². The smallest absolute Gasteiger partial charge is 0.142 e. The molecule has 2 N–H and O–H groups in total. The Bertz CT molecular complexity index is 560. The number of para-hydroxylation sites is 2. The Balaban J connectivity index is 1.78. The first kappa shape index (κ1) is 14.3. The molecule has 2 aromatic carbocycles. The van der Waals surface area contributed by atoms with Gasteiger partial charge in [0.1, 0.15) is 18.2 Å². The summed E-state index contributed by atoms with van der Waals surface area (Å²) in [6.45, 7) is 1.97. The number of hydrogen-bond donors (Lipinski definition) is 1. The van der Waals surface area contributed by atoms with Gasteiger partial charge in [0.05, 0.1) is 5.69 Å². The molecule has 0 aliphatic heterocycles. The van der Waals surface area contributed by atoms with Crippen molar-refractivity contribution in [1.82, 2.24) is 4.90 Å². The third-order valence-corrected chi connectivity index (χ3v) is 2.99. The summed E-state index contributed by atoms with van der Waals surface area (Å²) in [4.78, 5) is 2.08. The molecule has 2 rings (SSSR count). The van der Waals surface area contributed by atoms with Gasteiger partial charge in [0.2, 0.25) is 0 Å². The Kier molecular flexibility index (Phi) is 4.96. The second-order valence-electron chi connectivity index (χ2n) is 4.75. The summed E-state index contributed by atoms with van der Waals surface area (Å²) in [6, 6.07) is 14.1. The summed E-state index contributed by atoms with van der Waals surface area (Å²) in [7, 11) is 1.97. The fourth-order valence-corrected chi connectivity index (χ4v) is 1.95. The standard InChI is InChI=1S/C16H19FN2O/c1-19(12-13-5-4-6-14(17)11-13)9-10-20-16-8-3-2-7-15(16)18/h2-8,11H,9-10,12,18H2,1H3. The van der Waals surface area contributed by atoms with Crippen LogP contribution in [0, 0.1) is 5.82 Å². The zero-order valence-corrected chi connectivity index (χ0v) is 11.6. The van der Waals surface area contributed by atoms with Gasteiger partial charge in [-0.05, 0) is 36.9 Å². The maximum absolute atomic E-state index is 13.1. The van der Waals surface area contributed by atoms with E-state index in [0.717, 1.165) is 12.1 Å².